The summed E-state index contributed by atoms with van der Waals surface area (Å²) in [5.41, 5.74) is 9.92. The number of phenolic OH excluding ortho intramolecular Hbond substituents is 2. The van der Waals surface area contributed by atoms with Crippen LogP contribution in [0.3, 0.4) is 0 Å². The molecule has 0 aliphatic carbocycles. The minimum atomic E-state index is -1.05. The molecule has 7 atom stereocenters. The number of aliphatic hydroxyl groups excluding tert-OH is 1. The summed E-state index contributed by atoms with van der Waals surface area (Å²) >= 11 is 1.35. The highest BCUT2D eigenvalue weighted by Gasteiger charge is 2.60. The number of hydrogen-bond acceptors (Lipinski definition) is 13. The number of piperazine rings is 1. The van der Waals surface area contributed by atoms with E-state index in [0.29, 0.717) is 34.4 Å². The minimum absolute atomic E-state index is 0.0272. The number of aryl methyl sites for hydroxylation is 1. The summed E-state index contributed by atoms with van der Waals surface area (Å²) in [6.07, 6.45) is -0.615. The van der Waals surface area contributed by atoms with Crippen molar-refractivity contribution >= 4 is 23.7 Å². The van der Waals surface area contributed by atoms with E-state index in [2.05, 4.69) is 4.90 Å². The average molecular weight is 616 g/mol. The van der Waals surface area contributed by atoms with Gasteiger partial charge in [0.15, 0.2) is 23.0 Å². The summed E-state index contributed by atoms with van der Waals surface area (Å²) in [6, 6.07) is -1.22. The van der Waals surface area contributed by atoms with Gasteiger partial charge in [-0.2, -0.15) is 0 Å². The van der Waals surface area contributed by atoms with Gasteiger partial charge in [0, 0.05) is 41.0 Å². The third-order valence-electron chi connectivity index (χ3n) is 9.34. The van der Waals surface area contributed by atoms with Crippen molar-refractivity contribution < 1.29 is 43.9 Å². The lowest BCUT2D eigenvalue weighted by Crippen LogP contribution is -2.69. The number of carbonyl (C=O) groups is 2. The monoisotopic (exact) mass is 615 g/mol. The first kappa shape index (κ1) is 29.8. The van der Waals surface area contributed by atoms with Crippen LogP contribution in [0.4, 0.5) is 0 Å². The molecule has 0 radical (unpaired) electrons. The van der Waals surface area contributed by atoms with E-state index in [-0.39, 0.29) is 41.4 Å². The second kappa shape index (κ2) is 10.7. The fraction of sp³-hybridized carbons (Fsp3) is 0.533. The Hall–Kier alpha value is -3.23. The number of rotatable bonds is 3. The van der Waals surface area contributed by atoms with Crippen LogP contribution in [0.25, 0.3) is 0 Å². The Morgan fingerprint density at radius 2 is 1.77 bits per heavy atom. The van der Waals surface area contributed by atoms with Gasteiger partial charge in [-0.05, 0) is 38.4 Å². The van der Waals surface area contributed by atoms with Crippen LogP contribution < -0.4 is 19.9 Å². The van der Waals surface area contributed by atoms with E-state index in [1.165, 1.54) is 32.9 Å². The van der Waals surface area contributed by atoms with E-state index < -0.39 is 47.6 Å². The number of carbonyl (C=O) groups excluding carboxylic acids is 2. The van der Waals surface area contributed by atoms with Crippen molar-refractivity contribution in [3.8, 4) is 28.7 Å². The number of fused-ring (bicyclic) bond motifs is 7. The van der Waals surface area contributed by atoms with Gasteiger partial charge < -0.3 is 40.0 Å². The maximum atomic E-state index is 12.8. The van der Waals surface area contributed by atoms with Crippen molar-refractivity contribution in [3.05, 3.63) is 39.4 Å². The second-order valence-electron chi connectivity index (χ2n) is 11.6. The molecule has 4 aliphatic heterocycles. The zero-order valence-corrected chi connectivity index (χ0v) is 25.7. The molecule has 0 amide bonds. The van der Waals surface area contributed by atoms with Gasteiger partial charge in [0.1, 0.15) is 24.6 Å². The van der Waals surface area contributed by atoms with E-state index in [0.717, 1.165) is 11.1 Å². The zero-order valence-electron chi connectivity index (χ0n) is 24.9. The van der Waals surface area contributed by atoms with Crippen LogP contribution in [0.5, 0.6) is 28.7 Å². The molecule has 4 heterocycles. The molecule has 2 saturated heterocycles. The van der Waals surface area contributed by atoms with Crippen molar-refractivity contribution in [2.45, 2.75) is 68.9 Å². The quantitative estimate of drug-likeness (QED) is 0.293. The standard InChI is InChI=1S/C30H37N3O9S/c1-11-7-14-8-16-29(37)33-17-9-41-30(38)15(31)10-43-28(22(33)21(32(16)4)18(14)23(35)25(11)39-5)20-19(17)24(36)27(40-6)12(2)26(20)42-13(3)34/h7,15-17,21-22,28-29,35-37H,8-10,31H2,1-6H3. The molecule has 4 bridgehead atoms. The summed E-state index contributed by atoms with van der Waals surface area (Å²) < 4.78 is 22.7. The Kier molecular flexibility index (Phi) is 7.45. The molecule has 13 heteroatoms. The van der Waals surface area contributed by atoms with Gasteiger partial charge in [-0.1, -0.05) is 6.07 Å². The van der Waals surface area contributed by atoms with E-state index >= 15 is 0 Å². The molecule has 0 spiro atoms. The second-order valence-corrected chi connectivity index (χ2v) is 12.8. The fourth-order valence-electron chi connectivity index (χ4n) is 7.60. The number of aliphatic hydroxyl groups is 1. The number of aromatic hydroxyl groups is 2. The van der Waals surface area contributed by atoms with Crippen LogP contribution in [0, 0.1) is 13.8 Å². The number of likely N-dealkylation sites (N-methyl/N-ethyl adjacent to an activating group) is 1. The molecule has 4 aliphatic rings. The Labute approximate surface area is 253 Å². The van der Waals surface area contributed by atoms with Crippen molar-refractivity contribution in [3.63, 3.8) is 0 Å². The lowest BCUT2D eigenvalue weighted by Gasteiger charge is -2.62. The summed E-state index contributed by atoms with van der Waals surface area (Å²) in [5.74, 6) is -0.431. The highest BCUT2D eigenvalue weighted by Crippen LogP contribution is 2.63. The number of thioether (sulfide) groups is 1. The van der Waals surface area contributed by atoms with E-state index in [4.69, 9.17) is 24.7 Å². The van der Waals surface area contributed by atoms with Gasteiger partial charge >= 0.3 is 11.9 Å². The zero-order chi connectivity index (χ0) is 31.1. The molecule has 5 N–H and O–H groups in total. The molecular weight excluding hydrogens is 578 g/mol. The Balaban J connectivity index is 1.69. The fourth-order valence-corrected chi connectivity index (χ4v) is 9.03. The van der Waals surface area contributed by atoms with Crippen LogP contribution >= 0.6 is 11.8 Å². The maximum absolute atomic E-state index is 12.8. The van der Waals surface area contributed by atoms with Gasteiger partial charge in [0.25, 0.3) is 0 Å². The highest BCUT2D eigenvalue weighted by molar-refractivity contribution is 7.99. The maximum Gasteiger partial charge on any atom is 0.323 e. The van der Waals surface area contributed by atoms with Crippen LogP contribution in [0.2, 0.25) is 0 Å². The summed E-state index contributed by atoms with van der Waals surface area (Å²) in [6.45, 7) is 4.63. The van der Waals surface area contributed by atoms with Crippen molar-refractivity contribution in [2.75, 3.05) is 33.6 Å². The molecule has 2 aromatic carbocycles. The molecule has 0 saturated carbocycles. The predicted octanol–water partition coefficient (Wildman–Crippen LogP) is 1.97. The van der Waals surface area contributed by atoms with Gasteiger partial charge in [-0.15, -0.1) is 11.8 Å². The molecular formula is C30H37N3O9S. The normalized spacial score (nSPS) is 30.0. The number of nitrogens with zero attached hydrogens (tertiary/aromatic N) is 2. The third-order valence-corrected chi connectivity index (χ3v) is 10.8. The number of ether oxygens (including phenoxy) is 4. The van der Waals surface area contributed by atoms with E-state index in [1.54, 1.807) is 6.92 Å². The van der Waals surface area contributed by atoms with Gasteiger partial charge in [-0.3, -0.25) is 19.4 Å². The van der Waals surface area contributed by atoms with E-state index in [9.17, 15) is 24.9 Å². The Bertz CT molecular complexity index is 1520. The van der Waals surface area contributed by atoms with E-state index in [1.807, 2.05) is 24.9 Å². The number of phenols is 2. The first-order valence-electron chi connectivity index (χ1n) is 14.1. The average Bonchev–Trinajstić information content (AvgIpc) is 2.95. The van der Waals surface area contributed by atoms with Crippen LogP contribution in [-0.2, 0) is 20.7 Å². The summed E-state index contributed by atoms with van der Waals surface area (Å²) in [4.78, 5) is 29.2. The summed E-state index contributed by atoms with van der Waals surface area (Å²) in [7, 11) is 4.84. The number of nitrogens with two attached hydrogens (primary N) is 1. The predicted molar refractivity (Wildman–Crippen MR) is 157 cm³/mol. The molecule has 2 aromatic rings. The van der Waals surface area contributed by atoms with Crippen LogP contribution in [0.1, 0.15) is 57.6 Å². The Morgan fingerprint density at radius 1 is 1.09 bits per heavy atom. The first-order chi connectivity index (χ1) is 20.4. The number of hydrogen-bond donors (Lipinski definition) is 4. The third kappa shape index (κ3) is 4.27. The molecule has 0 aromatic heterocycles. The highest BCUT2D eigenvalue weighted by atomic mass is 32.2. The number of methoxy groups -OCH3 is 2. The van der Waals surface area contributed by atoms with Gasteiger partial charge in [0.05, 0.1) is 37.6 Å². The Morgan fingerprint density at radius 3 is 2.42 bits per heavy atom. The van der Waals surface area contributed by atoms with Crippen LogP contribution in [0.15, 0.2) is 6.07 Å². The lowest BCUT2D eigenvalue weighted by molar-refractivity contribution is -0.184. The van der Waals surface area contributed by atoms with Crippen molar-refractivity contribution in [1.29, 1.82) is 0 Å². The number of benzene rings is 2. The molecule has 43 heavy (non-hydrogen) atoms. The van der Waals surface area contributed by atoms with Crippen LogP contribution in [-0.4, -0.2) is 95.0 Å². The smallest absolute Gasteiger partial charge is 0.323 e. The molecule has 232 valence electrons. The van der Waals surface area contributed by atoms with Gasteiger partial charge in [-0.25, -0.2) is 0 Å². The number of esters is 2. The SMILES string of the molecule is COc1c(C)cc2c(c1O)C1C3C4SCC(N)C(=O)OCC(c5c(O)c(OC)c(C)c(OC(C)=O)c54)N3C(O)C(C2)N1C. The largest absolute Gasteiger partial charge is 0.504 e. The lowest BCUT2D eigenvalue weighted by atomic mass is 9.73. The molecule has 12 nitrogen and oxygen atoms in total. The molecule has 7 unspecified atom stereocenters. The minimum Gasteiger partial charge on any atom is -0.504 e. The number of cyclic esters (lactones) is 1. The summed E-state index contributed by atoms with van der Waals surface area (Å²) in [5, 5.41) is 34.9. The van der Waals surface area contributed by atoms with Crippen molar-refractivity contribution in [1.82, 2.24) is 9.80 Å². The first-order valence-corrected chi connectivity index (χ1v) is 15.2. The molecule has 6 rings (SSSR count). The van der Waals surface area contributed by atoms with Crippen molar-refractivity contribution in [2.24, 2.45) is 5.73 Å². The molecule has 2 fully saturated rings. The topological polar surface area (TPSA) is 164 Å². The van der Waals surface area contributed by atoms with Gasteiger partial charge in [0.2, 0.25) is 0 Å².